The molecule has 1 aromatic rings. The maximum atomic E-state index is 12.0. The van der Waals surface area contributed by atoms with Crippen LogP contribution in [-0.2, 0) is 4.74 Å². The third-order valence-corrected chi connectivity index (χ3v) is 3.56. The molecule has 0 saturated heterocycles. The highest BCUT2D eigenvalue weighted by molar-refractivity contribution is 5.68. The topological polar surface area (TPSA) is 85.3 Å². The van der Waals surface area contributed by atoms with Crippen molar-refractivity contribution in [2.24, 2.45) is 0 Å². The molecular formula is C19H31N3O4. The van der Waals surface area contributed by atoms with Gasteiger partial charge in [0.25, 0.3) is 0 Å². The van der Waals surface area contributed by atoms with Crippen molar-refractivity contribution in [1.82, 2.24) is 10.2 Å². The van der Waals surface area contributed by atoms with Gasteiger partial charge in [-0.3, -0.25) is 0 Å². The zero-order chi connectivity index (χ0) is 20.1. The first-order valence-corrected chi connectivity index (χ1v) is 8.42. The van der Waals surface area contributed by atoms with Crippen LogP contribution in [0.4, 0.5) is 10.5 Å². The van der Waals surface area contributed by atoms with E-state index in [0.29, 0.717) is 12.1 Å². The summed E-state index contributed by atoms with van der Waals surface area (Å²) in [5, 5.41) is 21.9. The number of rotatable bonds is 7. The third-order valence-electron chi connectivity index (χ3n) is 3.56. The number of alkyl carbamates (subject to hydrolysis) is 1. The predicted molar refractivity (Wildman–Crippen MR) is 103 cm³/mol. The highest BCUT2D eigenvalue weighted by Gasteiger charge is 2.25. The second-order valence-electron chi connectivity index (χ2n) is 7.50. The van der Waals surface area contributed by atoms with Crippen molar-refractivity contribution in [2.75, 3.05) is 32.6 Å². The number of nitrogens with one attached hydrogen (secondary N) is 1. The predicted octanol–water partition coefficient (Wildman–Crippen LogP) is 2.07. The van der Waals surface area contributed by atoms with E-state index in [-0.39, 0.29) is 0 Å². The van der Waals surface area contributed by atoms with Crippen LogP contribution >= 0.6 is 0 Å². The van der Waals surface area contributed by atoms with E-state index < -0.39 is 24.0 Å². The van der Waals surface area contributed by atoms with Gasteiger partial charge in [-0.15, -0.1) is 0 Å². The molecule has 0 aliphatic heterocycles. The van der Waals surface area contributed by atoms with E-state index in [0.717, 1.165) is 11.4 Å². The van der Waals surface area contributed by atoms with Crippen LogP contribution in [0.15, 0.2) is 36.5 Å². The summed E-state index contributed by atoms with van der Waals surface area (Å²) in [6.45, 7) is 9.97. The number of carbonyl (C=O) groups excluding carboxylic acids is 1. The summed E-state index contributed by atoms with van der Waals surface area (Å²) in [5.74, 6) is 0. The van der Waals surface area contributed by atoms with Crippen molar-refractivity contribution in [1.29, 1.82) is 0 Å². The van der Waals surface area contributed by atoms with Gasteiger partial charge in [0.05, 0.1) is 0 Å². The average molecular weight is 365 g/mol. The Morgan fingerprint density at radius 2 is 1.88 bits per heavy atom. The maximum Gasteiger partial charge on any atom is 0.408 e. The molecule has 0 aromatic heterocycles. The summed E-state index contributed by atoms with van der Waals surface area (Å²) < 4.78 is 5.20. The molecule has 7 heteroatoms. The number of aliphatic hydroxyl groups is 2. The molecule has 0 radical (unpaired) electrons. The quantitative estimate of drug-likeness (QED) is 0.642. The number of nitrogens with zero attached hydrogens (tertiary/aromatic N) is 2. The minimum atomic E-state index is -1.77. The van der Waals surface area contributed by atoms with Gasteiger partial charge in [-0.1, -0.05) is 18.7 Å². The van der Waals surface area contributed by atoms with Crippen molar-refractivity contribution in [3.05, 3.63) is 42.1 Å². The largest absolute Gasteiger partial charge is 0.444 e. The van der Waals surface area contributed by atoms with Crippen molar-refractivity contribution < 1.29 is 19.7 Å². The summed E-state index contributed by atoms with van der Waals surface area (Å²) in [6.07, 6.45) is -2.49. The summed E-state index contributed by atoms with van der Waals surface area (Å²) in [4.78, 5) is 15.9. The van der Waals surface area contributed by atoms with Gasteiger partial charge in [0.15, 0.2) is 6.29 Å². The normalized spacial score (nSPS) is 12.8. The lowest BCUT2D eigenvalue weighted by atomic mass is 10.1. The zero-order valence-corrected chi connectivity index (χ0v) is 16.5. The lowest BCUT2D eigenvalue weighted by Crippen LogP contribution is -2.39. The van der Waals surface area contributed by atoms with E-state index in [1.807, 2.05) is 37.0 Å². The van der Waals surface area contributed by atoms with E-state index in [1.54, 1.807) is 39.0 Å². The van der Waals surface area contributed by atoms with E-state index in [1.165, 1.54) is 0 Å². The van der Waals surface area contributed by atoms with Gasteiger partial charge < -0.3 is 30.1 Å². The maximum absolute atomic E-state index is 12.0. The number of carbonyl (C=O) groups is 1. The molecule has 0 saturated carbocycles. The third kappa shape index (κ3) is 7.03. The minimum Gasteiger partial charge on any atom is -0.444 e. The van der Waals surface area contributed by atoms with E-state index >= 15 is 0 Å². The second-order valence-corrected chi connectivity index (χ2v) is 7.50. The Labute approximate surface area is 155 Å². The summed E-state index contributed by atoms with van der Waals surface area (Å²) in [5.41, 5.74) is 1.58. The number of benzene rings is 1. The SMILES string of the molecule is C=C(CN(C)C)N(C)c1cccc([C@H](NC(=O)OC(C)(C)C)C(O)O)c1. The highest BCUT2D eigenvalue weighted by atomic mass is 16.6. The van der Waals surface area contributed by atoms with Gasteiger partial charge >= 0.3 is 6.09 Å². The van der Waals surface area contributed by atoms with Gasteiger partial charge in [0.2, 0.25) is 0 Å². The molecule has 0 unspecified atom stereocenters. The van der Waals surface area contributed by atoms with Crippen LogP contribution in [0.1, 0.15) is 32.4 Å². The fourth-order valence-electron chi connectivity index (χ4n) is 2.35. The van der Waals surface area contributed by atoms with Gasteiger partial charge in [0.1, 0.15) is 11.6 Å². The number of likely N-dealkylation sites (N-methyl/N-ethyl adjacent to an activating group) is 2. The fourth-order valence-corrected chi connectivity index (χ4v) is 2.35. The molecule has 3 N–H and O–H groups in total. The van der Waals surface area contributed by atoms with Crippen LogP contribution in [-0.4, -0.2) is 60.8 Å². The lowest BCUT2D eigenvalue weighted by Gasteiger charge is -2.27. The molecule has 7 nitrogen and oxygen atoms in total. The van der Waals surface area contributed by atoms with Gasteiger partial charge in [-0.2, -0.15) is 0 Å². The Morgan fingerprint density at radius 3 is 2.38 bits per heavy atom. The Balaban J connectivity index is 3.00. The molecule has 0 heterocycles. The van der Waals surface area contributed by atoms with Crippen LogP contribution in [0.3, 0.4) is 0 Å². The standard InChI is InChI=1S/C19H31N3O4/c1-13(12-21(5)6)22(7)15-10-8-9-14(11-15)16(17(23)24)20-18(25)26-19(2,3)4/h8-11,16-17,23-24H,1,12H2,2-7H3,(H,20,25)/t16-/m0/s1. The first-order valence-electron chi connectivity index (χ1n) is 8.42. The Kier molecular flexibility index (Phi) is 7.62. The van der Waals surface area contributed by atoms with E-state index in [4.69, 9.17) is 4.74 Å². The number of anilines is 1. The number of hydrogen-bond acceptors (Lipinski definition) is 6. The number of aliphatic hydroxyl groups excluding tert-OH is 1. The molecule has 1 amide bonds. The molecule has 146 valence electrons. The molecule has 0 fully saturated rings. The molecular weight excluding hydrogens is 334 g/mol. The van der Waals surface area contributed by atoms with Crippen LogP contribution in [0.5, 0.6) is 0 Å². The van der Waals surface area contributed by atoms with Gasteiger partial charge in [-0.05, 0) is 52.6 Å². The Morgan fingerprint density at radius 1 is 1.27 bits per heavy atom. The van der Waals surface area contributed by atoms with Crippen molar-refractivity contribution in [3.63, 3.8) is 0 Å². The van der Waals surface area contributed by atoms with Crippen molar-refractivity contribution >= 4 is 11.8 Å². The minimum absolute atomic E-state index is 0.549. The molecule has 1 rings (SSSR count). The lowest BCUT2D eigenvalue weighted by molar-refractivity contribution is -0.0693. The monoisotopic (exact) mass is 365 g/mol. The number of ether oxygens (including phenoxy) is 1. The zero-order valence-electron chi connectivity index (χ0n) is 16.5. The Bertz CT molecular complexity index is 623. The Hall–Kier alpha value is -2.09. The van der Waals surface area contributed by atoms with Crippen molar-refractivity contribution in [3.8, 4) is 0 Å². The van der Waals surface area contributed by atoms with E-state index in [9.17, 15) is 15.0 Å². The number of amides is 1. The van der Waals surface area contributed by atoms with Gasteiger partial charge in [-0.25, -0.2) is 4.79 Å². The molecule has 1 atom stereocenters. The molecule has 0 spiro atoms. The molecule has 0 bridgehead atoms. The first kappa shape index (κ1) is 22.0. The second kappa shape index (κ2) is 9.02. The molecule has 0 aliphatic rings. The summed E-state index contributed by atoms with van der Waals surface area (Å²) >= 11 is 0. The van der Waals surface area contributed by atoms with Crippen LogP contribution in [0, 0.1) is 0 Å². The fraction of sp³-hybridized carbons (Fsp3) is 0.526. The van der Waals surface area contributed by atoms with Crippen LogP contribution in [0.25, 0.3) is 0 Å². The molecule has 26 heavy (non-hydrogen) atoms. The smallest absolute Gasteiger partial charge is 0.408 e. The molecule has 1 aromatic carbocycles. The number of hydrogen-bond donors (Lipinski definition) is 3. The average Bonchev–Trinajstić information content (AvgIpc) is 2.49. The van der Waals surface area contributed by atoms with Gasteiger partial charge in [0, 0.05) is 25.0 Å². The highest BCUT2D eigenvalue weighted by Crippen LogP contribution is 2.24. The summed E-state index contributed by atoms with van der Waals surface area (Å²) in [7, 11) is 5.80. The van der Waals surface area contributed by atoms with Crippen LogP contribution in [0.2, 0.25) is 0 Å². The first-order chi connectivity index (χ1) is 11.9. The summed E-state index contributed by atoms with van der Waals surface area (Å²) in [6, 6.07) is 6.16. The van der Waals surface area contributed by atoms with E-state index in [2.05, 4.69) is 11.9 Å². The van der Waals surface area contributed by atoms with Crippen molar-refractivity contribution in [2.45, 2.75) is 38.7 Å². The van der Waals surface area contributed by atoms with Crippen LogP contribution < -0.4 is 10.2 Å². The molecule has 0 aliphatic carbocycles.